The summed E-state index contributed by atoms with van der Waals surface area (Å²) in [5, 5.41) is 9.75. The highest BCUT2D eigenvalue weighted by molar-refractivity contribution is 6.00. The first kappa shape index (κ1) is 12.0. The summed E-state index contributed by atoms with van der Waals surface area (Å²) in [6.45, 7) is 0. The average Bonchev–Trinajstić information content (AvgIpc) is 2.90. The van der Waals surface area contributed by atoms with Gasteiger partial charge in [0.2, 0.25) is 0 Å². The van der Waals surface area contributed by atoms with Crippen LogP contribution in [0.25, 0.3) is 22.1 Å². The first-order valence-electron chi connectivity index (χ1n) is 5.50. The van der Waals surface area contributed by atoms with Crippen molar-refractivity contribution < 1.29 is 18.3 Å². The number of aliphatic hydroxyl groups is 1. The molecule has 19 heavy (non-hydrogen) atoms. The van der Waals surface area contributed by atoms with E-state index in [9.17, 15) is 13.2 Å². The normalized spacial score (nSPS) is 14.3. The Morgan fingerprint density at radius 3 is 2.89 bits per heavy atom. The molecule has 1 unspecified atom stereocenters. The zero-order valence-corrected chi connectivity index (χ0v) is 9.49. The van der Waals surface area contributed by atoms with Crippen molar-refractivity contribution in [1.29, 1.82) is 0 Å². The first-order chi connectivity index (χ1) is 8.95. The average molecular weight is 270 g/mol. The summed E-state index contributed by atoms with van der Waals surface area (Å²) in [4.78, 5) is 13.8. The summed E-state index contributed by atoms with van der Waals surface area (Å²) in [6, 6.07) is 1.75. The van der Waals surface area contributed by atoms with Gasteiger partial charge in [0, 0.05) is 18.0 Å². The van der Waals surface area contributed by atoms with Crippen molar-refractivity contribution in [2.24, 2.45) is 0 Å². The molecule has 0 saturated heterocycles. The molecule has 0 aliphatic carbocycles. The second kappa shape index (κ2) is 3.95. The molecular weight excluding hydrogens is 261 g/mol. The van der Waals surface area contributed by atoms with E-state index in [1.165, 1.54) is 6.20 Å². The van der Waals surface area contributed by atoms with Crippen LogP contribution in [0.4, 0.5) is 13.2 Å². The molecule has 0 bridgehead atoms. The van der Waals surface area contributed by atoms with Gasteiger partial charge in [0.15, 0.2) is 6.10 Å². The van der Waals surface area contributed by atoms with Crippen LogP contribution < -0.4 is 0 Å². The third kappa shape index (κ3) is 2.03. The Bertz CT molecular complexity index is 730. The number of nitrogens with zero attached hydrogens (tertiary/aromatic N) is 2. The fourth-order valence-corrected chi connectivity index (χ4v) is 1.92. The Morgan fingerprint density at radius 1 is 1.37 bits per heavy atom. The fraction of sp³-hybridized carbons (Fsp3) is 0.273. The summed E-state index contributed by atoms with van der Waals surface area (Å²) >= 11 is 0. The summed E-state index contributed by atoms with van der Waals surface area (Å²) in [5.74, 6) is 0.0790. The van der Waals surface area contributed by atoms with E-state index in [-0.39, 0.29) is 5.82 Å². The van der Waals surface area contributed by atoms with Gasteiger partial charge in [0.1, 0.15) is 17.0 Å². The molecule has 3 aromatic heterocycles. The summed E-state index contributed by atoms with van der Waals surface area (Å²) in [6.07, 6.45) is -4.52. The summed E-state index contributed by atoms with van der Waals surface area (Å²) in [7, 11) is 0. The lowest BCUT2D eigenvalue weighted by molar-refractivity contribution is -0.203. The zero-order chi connectivity index (χ0) is 13.6. The molecule has 3 rings (SSSR count). The SMILES string of the molecule is OC(Cc1nc2c(cnc3[nH]ccc32)[nH]1)C(F)(F)F. The second-order valence-electron chi connectivity index (χ2n) is 4.21. The molecule has 100 valence electrons. The van der Waals surface area contributed by atoms with Crippen LogP contribution in [-0.4, -0.2) is 37.3 Å². The van der Waals surface area contributed by atoms with Gasteiger partial charge < -0.3 is 15.1 Å². The molecule has 0 aromatic carbocycles. The Labute approximate surface area is 104 Å². The van der Waals surface area contributed by atoms with Crippen molar-refractivity contribution in [2.75, 3.05) is 0 Å². The predicted molar refractivity (Wildman–Crippen MR) is 61.5 cm³/mol. The van der Waals surface area contributed by atoms with Gasteiger partial charge in [-0.15, -0.1) is 0 Å². The molecule has 0 spiro atoms. The van der Waals surface area contributed by atoms with Crippen LogP contribution in [0, 0.1) is 0 Å². The highest BCUT2D eigenvalue weighted by Crippen LogP contribution is 2.25. The number of halogens is 3. The van der Waals surface area contributed by atoms with E-state index in [1.54, 1.807) is 12.3 Å². The van der Waals surface area contributed by atoms with E-state index in [0.717, 1.165) is 5.39 Å². The molecule has 3 N–H and O–H groups in total. The summed E-state index contributed by atoms with van der Waals surface area (Å²) in [5.41, 5.74) is 1.69. The van der Waals surface area contributed by atoms with Gasteiger partial charge in [0.25, 0.3) is 0 Å². The minimum Gasteiger partial charge on any atom is -0.383 e. The Kier molecular flexibility index (Phi) is 2.49. The number of fused-ring (bicyclic) bond motifs is 3. The Balaban J connectivity index is 2.02. The number of imidazole rings is 1. The molecule has 0 fully saturated rings. The molecule has 0 aliphatic heterocycles. The van der Waals surface area contributed by atoms with Crippen LogP contribution in [0.5, 0.6) is 0 Å². The van der Waals surface area contributed by atoms with Crippen LogP contribution in [-0.2, 0) is 6.42 Å². The minimum absolute atomic E-state index is 0.0790. The molecule has 0 radical (unpaired) electrons. The molecule has 0 amide bonds. The standard InChI is InChI=1S/C11H9F3N4O/c12-11(13,14)7(19)3-8-17-6-4-16-10-5(1-2-15-10)9(6)18-8/h1-2,4,7,19H,3H2,(H,15,16)(H,17,18). The number of aromatic amines is 2. The van der Waals surface area contributed by atoms with Crippen molar-refractivity contribution in [1.82, 2.24) is 19.9 Å². The number of rotatable bonds is 2. The van der Waals surface area contributed by atoms with Gasteiger partial charge in [0.05, 0.1) is 11.7 Å². The van der Waals surface area contributed by atoms with E-state index in [2.05, 4.69) is 19.9 Å². The number of aromatic nitrogens is 4. The number of H-pyrrole nitrogens is 2. The van der Waals surface area contributed by atoms with Gasteiger partial charge in [-0.25, -0.2) is 9.97 Å². The monoisotopic (exact) mass is 270 g/mol. The van der Waals surface area contributed by atoms with Crippen molar-refractivity contribution in [2.45, 2.75) is 18.7 Å². The molecule has 5 nitrogen and oxygen atoms in total. The highest BCUT2D eigenvalue weighted by Gasteiger charge is 2.38. The van der Waals surface area contributed by atoms with Crippen LogP contribution in [0.2, 0.25) is 0 Å². The van der Waals surface area contributed by atoms with Gasteiger partial charge in [-0.3, -0.25) is 0 Å². The van der Waals surface area contributed by atoms with E-state index < -0.39 is 18.7 Å². The van der Waals surface area contributed by atoms with Crippen molar-refractivity contribution in [3.05, 3.63) is 24.3 Å². The van der Waals surface area contributed by atoms with Crippen molar-refractivity contribution in [3.8, 4) is 0 Å². The fourth-order valence-electron chi connectivity index (χ4n) is 1.92. The Hall–Kier alpha value is -2.09. The smallest absolute Gasteiger partial charge is 0.383 e. The van der Waals surface area contributed by atoms with Gasteiger partial charge in [-0.2, -0.15) is 13.2 Å². The molecule has 0 aliphatic rings. The molecule has 0 saturated carbocycles. The van der Waals surface area contributed by atoms with E-state index in [4.69, 9.17) is 5.11 Å². The third-order valence-corrected chi connectivity index (χ3v) is 2.85. The molecule has 3 heterocycles. The topological polar surface area (TPSA) is 77.6 Å². The molecule has 8 heteroatoms. The highest BCUT2D eigenvalue weighted by atomic mass is 19.4. The van der Waals surface area contributed by atoms with Gasteiger partial charge in [-0.1, -0.05) is 0 Å². The maximum Gasteiger partial charge on any atom is 0.414 e. The summed E-state index contributed by atoms with van der Waals surface area (Å²) < 4.78 is 36.9. The lowest BCUT2D eigenvalue weighted by Gasteiger charge is -2.12. The van der Waals surface area contributed by atoms with E-state index in [1.807, 2.05) is 0 Å². The molecular formula is C11H9F3N4O. The quantitative estimate of drug-likeness (QED) is 0.665. The number of hydrogen-bond acceptors (Lipinski definition) is 3. The largest absolute Gasteiger partial charge is 0.414 e. The van der Waals surface area contributed by atoms with Crippen molar-refractivity contribution >= 4 is 22.1 Å². The number of alkyl halides is 3. The predicted octanol–water partition coefficient (Wildman–Crippen LogP) is 1.90. The van der Waals surface area contributed by atoms with Crippen LogP contribution in [0.1, 0.15) is 5.82 Å². The molecule has 1 atom stereocenters. The second-order valence-corrected chi connectivity index (χ2v) is 4.21. The van der Waals surface area contributed by atoms with E-state index in [0.29, 0.717) is 16.7 Å². The minimum atomic E-state index is -4.65. The first-order valence-corrected chi connectivity index (χ1v) is 5.50. The number of hydrogen-bond donors (Lipinski definition) is 3. The number of pyridine rings is 1. The number of aliphatic hydroxyl groups excluding tert-OH is 1. The lowest BCUT2D eigenvalue weighted by Crippen LogP contribution is -2.30. The van der Waals surface area contributed by atoms with E-state index >= 15 is 0 Å². The maximum atomic E-state index is 12.3. The lowest BCUT2D eigenvalue weighted by atomic mass is 10.2. The molecule has 3 aromatic rings. The number of nitrogens with one attached hydrogen (secondary N) is 2. The van der Waals surface area contributed by atoms with Crippen LogP contribution in [0.3, 0.4) is 0 Å². The maximum absolute atomic E-state index is 12.3. The van der Waals surface area contributed by atoms with Gasteiger partial charge >= 0.3 is 6.18 Å². The van der Waals surface area contributed by atoms with Crippen LogP contribution >= 0.6 is 0 Å². The van der Waals surface area contributed by atoms with Crippen LogP contribution in [0.15, 0.2) is 18.5 Å². The van der Waals surface area contributed by atoms with Crippen molar-refractivity contribution in [3.63, 3.8) is 0 Å². The van der Waals surface area contributed by atoms with Gasteiger partial charge in [-0.05, 0) is 6.07 Å². The third-order valence-electron chi connectivity index (χ3n) is 2.85. The Morgan fingerprint density at radius 2 is 2.16 bits per heavy atom. The zero-order valence-electron chi connectivity index (χ0n) is 9.49.